The summed E-state index contributed by atoms with van der Waals surface area (Å²) in [5.74, 6) is 0. The summed E-state index contributed by atoms with van der Waals surface area (Å²) < 4.78 is 10.3. The molecule has 0 fully saturated rings. The Morgan fingerprint density at radius 2 is 1.81 bits per heavy atom. The van der Waals surface area contributed by atoms with Gasteiger partial charge >= 0.3 is 6.09 Å². The number of amides is 1. The number of ether oxygens (including phenoxy) is 2. The molecule has 0 unspecified atom stereocenters. The lowest BCUT2D eigenvalue weighted by Crippen LogP contribution is -2.24. The number of carbonyl (C=O) groups excluding carboxylic acids is 1. The van der Waals surface area contributed by atoms with Gasteiger partial charge < -0.3 is 20.1 Å². The van der Waals surface area contributed by atoms with Crippen LogP contribution in [0.4, 0.5) is 4.79 Å². The van der Waals surface area contributed by atoms with E-state index in [1.54, 1.807) is 0 Å². The zero-order valence-electron chi connectivity index (χ0n) is 10.4. The minimum Gasteiger partial charge on any atom is -0.449 e. The fraction of sp³-hybridized carbons (Fsp3) is 0.909. The van der Waals surface area contributed by atoms with Crippen molar-refractivity contribution in [2.45, 2.75) is 26.7 Å². The van der Waals surface area contributed by atoms with Crippen molar-refractivity contribution in [2.24, 2.45) is 0 Å². The first-order chi connectivity index (χ1) is 7.81. The highest BCUT2D eigenvalue weighted by molar-refractivity contribution is 5.66. The average Bonchev–Trinajstić information content (AvgIpc) is 2.27. The molecule has 0 rings (SSSR count). The summed E-state index contributed by atoms with van der Waals surface area (Å²) in [5, 5.41) is 5.78. The summed E-state index contributed by atoms with van der Waals surface area (Å²) in [7, 11) is 0. The second-order valence-electron chi connectivity index (χ2n) is 3.34. The van der Waals surface area contributed by atoms with Crippen LogP contribution in [-0.4, -0.2) is 45.5 Å². The summed E-state index contributed by atoms with van der Waals surface area (Å²) in [4.78, 5) is 10.9. The van der Waals surface area contributed by atoms with Crippen LogP contribution in [0.2, 0.25) is 0 Å². The van der Waals surface area contributed by atoms with Gasteiger partial charge in [0.2, 0.25) is 0 Å². The Hall–Kier alpha value is -0.810. The van der Waals surface area contributed by atoms with Gasteiger partial charge in [-0.15, -0.1) is 0 Å². The Labute approximate surface area is 97.9 Å². The molecular formula is C11H24N2O3. The van der Waals surface area contributed by atoms with E-state index < -0.39 is 0 Å². The second kappa shape index (κ2) is 12.3. The maximum absolute atomic E-state index is 10.9. The lowest BCUT2D eigenvalue weighted by Gasteiger charge is -2.06. The Bertz CT molecular complexity index is 165. The van der Waals surface area contributed by atoms with Gasteiger partial charge in [0.1, 0.15) is 0 Å². The Morgan fingerprint density at radius 1 is 1.06 bits per heavy atom. The first-order valence-corrected chi connectivity index (χ1v) is 6.00. The molecule has 0 spiro atoms. The van der Waals surface area contributed by atoms with Crippen molar-refractivity contribution in [3.63, 3.8) is 0 Å². The molecular weight excluding hydrogens is 208 g/mol. The molecule has 0 aromatic heterocycles. The zero-order chi connectivity index (χ0) is 12.1. The second-order valence-corrected chi connectivity index (χ2v) is 3.34. The minimum absolute atomic E-state index is 0.352. The summed E-state index contributed by atoms with van der Waals surface area (Å²) in [6.07, 6.45) is 1.42. The van der Waals surface area contributed by atoms with Crippen molar-refractivity contribution >= 4 is 6.09 Å². The summed E-state index contributed by atoms with van der Waals surface area (Å²) in [6, 6.07) is 0. The van der Waals surface area contributed by atoms with Crippen LogP contribution in [0.3, 0.4) is 0 Å². The van der Waals surface area contributed by atoms with E-state index in [0.717, 1.165) is 32.5 Å². The van der Waals surface area contributed by atoms with Gasteiger partial charge in [-0.2, -0.15) is 0 Å². The monoisotopic (exact) mass is 232 g/mol. The molecule has 5 nitrogen and oxygen atoms in total. The molecule has 0 saturated carbocycles. The molecule has 0 aromatic carbocycles. The maximum atomic E-state index is 10.9. The molecule has 5 heteroatoms. The van der Waals surface area contributed by atoms with Crippen molar-refractivity contribution in [3.05, 3.63) is 0 Å². The van der Waals surface area contributed by atoms with E-state index in [2.05, 4.69) is 17.6 Å². The zero-order valence-corrected chi connectivity index (χ0v) is 10.4. The van der Waals surface area contributed by atoms with Gasteiger partial charge in [-0.1, -0.05) is 6.92 Å². The highest BCUT2D eigenvalue weighted by atomic mass is 16.5. The van der Waals surface area contributed by atoms with Crippen molar-refractivity contribution in [3.8, 4) is 0 Å². The van der Waals surface area contributed by atoms with Crippen molar-refractivity contribution in [1.29, 1.82) is 0 Å². The van der Waals surface area contributed by atoms with Crippen molar-refractivity contribution in [2.75, 3.05) is 39.5 Å². The van der Waals surface area contributed by atoms with Gasteiger partial charge in [-0.3, -0.25) is 0 Å². The molecule has 0 aromatic rings. The van der Waals surface area contributed by atoms with E-state index >= 15 is 0 Å². The third-order valence-electron chi connectivity index (χ3n) is 1.88. The van der Waals surface area contributed by atoms with E-state index in [4.69, 9.17) is 9.47 Å². The number of carbonyl (C=O) groups is 1. The maximum Gasteiger partial charge on any atom is 0.407 e. The first-order valence-electron chi connectivity index (χ1n) is 6.00. The Balaban J connectivity index is 3.01. The standard InChI is InChI=1S/C11H24N2O3/c1-3-12-7-5-8-15-9-6-10-16-11(14)13-4-2/h12H,3-10H2,1-2H3,(H,13,14). The van der Waals surface area contributed by atoms with Crippen LogP contribution in [0, 0.1) is 0 Å². The molecule has 0 heterocycles. The van der Waals surface area contributed by atoms with Crippen molar-refractivity contribution in [1.82, 2.24) is 10.6 Å². The van der Waals surface area contributed by atoms with Crippen LogP contribution < -0.4 is 10.6 Å². The summed E-state index contributed by atoms with van der Waals surface area (Å²) >= 11 is 0. The third kappa shape index (κ3) is 11.3. The van der Waals surface area contributed by atoms with Gasteiger partial charge in [0.05, 0.1) is 6.61 Å². The predicted octanol–water partition coefficient (Wildman–Crippen LogP) is 1.14. The molecule has 1 amide bonds. The molecule has 0 atom stereocenters. The van der Waals surface area contributed by atoms with E-state index in [-0.39, 0.29) is 6.09 Å². The highest BCUT2D eigenvalue weighted by Crippen LogP contribution is 1.88. The smallest absolute Gasteiger partial charge is 0.407 e. The van der Waals surface area contributed by atoms with Gasteiger partial charge in [0, 0.05) is 26.2 Å². The fourth-order valence-electron chi connectivity index (χ4n) is 1.10. The highest BCUT2D eigenvalue weighted by Gasteiger charge is 1.98. The van der Waals surface area contributed by atoms with E-state index in [0.29, 0.717) is 19.8 Å². The summed E-state index contributed by atoms with van der Waals surface area (Å²) in [6.45, 7) is 8.35. The summed E-state index contributed by atoms with van der Waals surface area (Å²) in [5.41, 5.74) is 0. The predicted molar refractivity (Wildman–Crippen MR) is 63.6 cm³/mol. The molecule has 0 radical (unpaired) electrons. The average molecular weight is 232 g/mol. The quantitative estimate of drug-likeness (QED) is 0.555. The molecule has 0 aliphatic carbocycles. The third-order valence-corrected chi connectivity index (χ3v) is 1.88. The van der Waals surface area contributed by atoms with Gasteiger partial charge in [0.25, 0.3) is 0 Å². The Morgan fingerprint density at radius 3 is 2.50 bits per heavy atom. The van der Waals surface area contributed by atoms with Gasteiger partial charge in [0.15, 0.2) is 0 Å². The molecule has 96 valence electrons. The number of hydrogen-bond donors (Lipinski definition) is 2. The van der Waals surface area contributed by atoms with Crippen LogP contribution >= 0.6 is 0 Å². The Kier molecular flexibility index (Phi) is 11.6. The van der Waals surface area contributed by atoms with Gasteiger partial charge in [-0.25, -0.2) is 4.79 Å². The van der Waals surface area contributed by atoms with Crippen LogP contribution in [-0.2, 0) is 9.47 Å². The van der Waals surface area contributed by atoms with Crippen LogP contribution in [0.5, 0.6) is 0 Å². The number of hydrogen-bond acceptors (Lipinski definition) is 4. The minimum atomic E-state index is -0.352. The van der Waals surface area contributed by atoms with Crippen LogP contribution in [0.1, 0.15) is 26.7 Å². The number of nitrogens with one attached hydrogen (secondary N) is 2. The normalized spacial score (nSPS) is 10.1. The largest absolute Gasteiger partial charge is 0.449 e. The lowest BCUT2D eigenvalue weighted by atomic mass is 10.4. The topological polar surface area (TPSA) is 59.6 Å². The number of alkyl carbamates (subject to hydrolysis) is 1. The molecule has 0 aliphatic rings. The molecule has 0 saturated heterocycles. The van der Waals surface area contributed by atoms with Crippen LogP contribution in [0.15, 0.2) is 0 Å². The number of rotatable bonds is 10. The fourth-order valence-corrected chi connectivity index (χ4v) is 1.10. The first kappa shape index (κ1) is 15.2. The van der Waals surface area contributed by atoms with E-state index in [1.165, 1.54) is 0 Å². The molecule has 2 N–H and O–H groups in total. The molecule has 0 aliphatic heterocycles. The van der Waals surface area contributed by atoms with Crippen molar-refractivity contribution < 1.29 is 14.3 Å². The van der Waals surface area contributed by atoms with E-state index in [9.17, 15) is 4.79 Å². The van der Waals surface area contributed by atoms with Gasteiger partial charge in [-0.05, 0) is 26.4 Å². The van der Waals surface area contributed by atoms with Crippen LogP contribution in [0.25, 0.3) is 0 Å². The lowest BCUT2D eigenvalue weighted by molar-refractivity contribution is 0.0997. The SMILES string of the molecule is CCNCCCOCCCOC(=O)NCC. The van der Waals surface area contributed by atoms with E-state index in [1.807, 2.05) is 6.92 Å². The molecule has 16 heavy (non-hydrogen) atoms. The molecule has 0 bridgehead atoms.